The average Bonchev–Trinajstić information content (AvgIpc) is 2.36. The predicted molar refractivity (Wildman–Crippen MR) is 66.0 cm³/mol. The zero-order chi connectivity index (χ0) is 12.7. The first-order valence-corrected chi connectivity index (χ1v) is 5.76. The van der Waals surface area contributed by atoms with Gasteiger partial charge in [-0.05, 0) is 5.56 Å². The van der Waals surface area contributed by atoms with E-state index in [4.69, 9.17) is 5.73 Å². The van der Waals surface area contributed by atoms with E-state index in [0.717, 1.165) is 5.56 Å². The van der Waals surface area contributed by atoms with Crippen molar-refractivity contribution in [1.82, 2.24) is 4.90 Å². The van der Waals surface area contributed by atoms with Gasteiger partial charge < -0.3 is 5.73 Å². The van der Waals surface area contributed by atoms with Crippen molar-refractivity contribution in [2.75, 3.05) is 6.54 Å². The Labute approximate surface area is 101 Å². The molecule has 0 atom stereocenters. The fourth-order valence-corrected chi connectivity index (χ4v) is 1.53. The highest BCUT2D eigenvalue weighted by molar-refractivity contribution is 5.95. The topological polar surface area (TPSA) is 63.4 Å². The van der Waals surface area contributed by atoms with Crippen molar-refractivity contribution in [3.8, 4) is 0 Å². The predicted octanol–water partition coefficient (Wildman–Crippen LogP) is 1.30. The van der Waals surface area contributed by atoms with Gasteiger partial charge in [-0.1, -0.05) is 37.3 Å². The molecule has 0 aliphatic heterocycles. The van der Waals surface area contributed by atoms with Crippen LogP contribution in [0.5, 0.6) is 0 Å². The van der Waals surface area contributed by atoms with Gasteiger partial charge in [-0.3, -0.25) is 14.5 Å². The molecule has 0 bridgehead atoms. The molecule has 0 unspecified atom stereocenters. The number of nitrogens with zero attached hydrogens (tertiary/aromatic N) is 1. The molecule has 0 radical (unpaired) electrons. The molecule has 1 aromatic rings. The summed E-state index contributed by atoms with van der Waals surface area (Å²) in [6, 6.07) is 9.46. The molecule has 0 saturated heterocycles. The lowest BCUT2D eigenvalue weighted by atomic mass is 10.2. The van der Waals surface area contributed by atoms with Crippen LogP contribution in [-0.2, 0) is 16.1 Å². The van der Waals surface area contributed by atoms with Gasteiger partial charge in [0.05, 0.1) is 6.54 Å². The van der Waals surface area contributed by atoms with Crippen LogP contribution in [0.25, 0.3) is 0 Å². The number of benzene rings is 1. The second-order valence-electron chi connectivity index (χ2n) is 3.75. The van der Waals surface area contributed by atoms with Gasteiger partial charge in [0, 0.05) is 19.4 Å². The lowest BCUT2D eigenvalue weighted by Gasteiger charge is -2.20. The SMILES string of the molecule is CCC(=O)N(Cc1ccccc1)C(=O)CCN. The maximum absolute atomic E-state index is 11.8. The number of carbonyl (C=O) groups excluding carboxylic acids is 2. The Bertz CT molecular complexity index is 376. The molecule has 0 aromatic heterocycles. The van der Waals surface area contributed by atoms with Crippen LogP contribution in [-0.4, -0.2) is 23.3 Å². The monoisotopic (exact) mass is 234 g/mol. The first kappa shape index (κ1) is 13.4. The molecule has 0 aliphatic rings. The highest BCUT2D eigenvalue weighted by Crippen LogP contribution is 2.07. The fourth-order valence-electron chi connectivity index (χ4n) is 1.53. The first-order valence-electron chi connectivity index (χ1n) is 5.76. The minimum atomic E-state index is -0.205. The molecular weight excluding hydrogens is 216 g/mol. The van der Waals surface area contributed by atoms with Crippen LogP contribution in [0.2, 0.25) is 0 Å². The van der Waals surface area contributed by atoms with E-state index in [-0.39, 0.29) is 24.8 Å². The molecule has 92 valence electrons. The van der Waals surface area contributed by atoms with Gasteiger partial charge in [0.15, 0.2) is 0 Å². The number of carbonyl (C=O) groups is 2. The molecule has 0 spiro atoms. The molecule has 0 aliphatic carbocycles. The average molecular weight is 234 g/mol. The van der Waals surface area contributed by atoms with Gasteiger partial charge in [-0.2, -0.15) is 0 Å². The number of nitrogens with two attached hydrogens (primary N) is 1. The Hall–Kier alpha value is -1.68. The van der Waals surface area contributed by atoms with Gasteiger partial charge in [0.1, 0.15) is 0 Å². The van der Waals surface area contributed by atoms with Gasteiger partial charge in [-0.15, -0.1) is 0 Å². The van der Waals surface area contributed by atoms with Crippen LogP contribution < -0.4 is 5.73 Å². The lowest BCUT2D eigenvalue weighted by molar-refractivity contribution is -0.145. The van der Waals surface area contributed by atoms with Gasteiger partial charge in [0.25, 0.3) is 0 Å². The standard InChI is InChI=1S/C13H18N2O2/c1-2-12(16)15(13(17)8-9-14)10-11-6-4-3-5-7-11/h3-7H,2,8-10,14H2,1H3. The summed E-state index contributed by atoms with van der Waals surface area (Å²) in [5.41, 5.74) is 6.29. The van der Waals surface area contributed by atoms with Gasteiger partial charge >= 0.3 is 0 Å². The Balaban J connectivity index is 2.77. The Morgan fingerprint density at radius 2 is 1.82 bits per heavy atom. The summed E-state index contributed by atoms with van der Waals surface area (Å²) in [7, 11) is 0. The van der Waals surface area contributed by atoms with E-state index in [2.05, 4.69) is 0 Å². The van der Waals surface area contributed by atoms with E-state index in [0.29, 0.717) is 13.0 Å². The number of rotatable bonds is 5. The number of hydrogen-bond donors (Lipinski definition) is 1. The summed E-state index contributed by atoms with van der Waals surface area (Å²) >= 11 is 0. The van der Waals surface area contributed by atoms with Gasteiger partial charge in [-0.25, -0.2) is 0 Å². The zero-order valence-corrected chi connectivity index (χ0v) is 10.1. The van der Waals surface area contributed by atoms with Gasteiger partial charge in [0.2, 0.25) is 11.8 Å². The van der Waals surface area contributed by atoms with E-state index < -0.39 is 0 Å². The van der Waals surface area contributed by atoms with Crippen molar-refractivity contribution in [3.05, 3.63) is 35.9 Å². The first-order chi connectivity index (χ1) is 8.19. The summed E-state index contributed by atoms with van der Waals surface area (Å²) in [6.07, 6.45) is 0.529. The largest absolute Gasteiger partial charge is 0.330 e. The minimum absolute atomic E-state index is 0.160. The van der Waals surface area contributed by atoms with Crippen LogP contribution >= 0.6 is 0 Å². The Morgan fingerprint density at radius 1 is 1.18 bits per heavy atom. The summed E-state index contributed by atoms with van der Waals surface area (Å²) in [5, 5.41) is 0. The maximum Gasteiger partial charge on any atom is 0.230 e. The fraction of sp³-hybridized carbons (Fsp3) is 0.385. The molecule has 1 rings (SSSR count). The zero-order valence-electron chi connectivity index (χ0n) is 10.1. The normalized spacial score (nSPS) is 10.0. The summed E-state index contributed by atoms with van der Waals surface area (Å²) in [5.74, 6) is -0.365. The molecule has 2 amide bonds. The molecule has 0 saturated carbocycles. The van der Waals surface area contributed by atoms with Crippen LogP contribution in [0.15, 0.2) is 30.3 Å². The molecular formula is C13H18N2O2. The number of amides is 2. The highest BCUT2D eigenvalue weighted by Gasteiger charge is 2.19. The quantitative estimate of drug-likeness (QED) is 0.835. The van der Waals surface area contributed by atoms with Crippen molar-refractivity contribution in [2.45, 2.75) is 26.3 Å². The highest BCUT2D eigenvalue weighted by atomic mass is 16.2. The van der Waals surface area contributed by atoms with E-state index in [1.54, 1.807) is 6.92 Å². The third kappa shape index (κ3) is 4.00. The summed E-state index contributed by atoms with van der Waals surface area (Å²) < 4.78 is 0. The van der Waals surface area contributed by atoms with Crippen molar-refractivity contribution < 1.29 is 9.59 Å². The van der Waals surface area contributed by atoms with Crippen molar-refractivity contribution in [3.63, 3.8) is 0 Å². The molecule has 17 heavy (non-hydrogen) atoms. The third-order valence-electron chi connectivity index (χ3n) is 2.45. The Morgan fingerprint density at radius 3 is 2.35 bits per heavy atom. The second kappa shape index (κ2) is 6.81. The molecule has 1 aromatic carbocycles. The molecule has 0 heterocycles. The van der Waals surface area contributed by atoms with E-state index in [1.165, 1.54) is 4.90 Å². The van der Waals surface area contributed by atoms with Crippen molar-refractivity contribution in [1.29, 1.82) is 0 Å². The molecule has 0 fully saturated rings. The lowest BCUT2D eigenvalue weighted by Crippen LogP contribution is -2.36. The van der Waals surface area contributed by atoms with E-state index >= 15 is 0 Å². The summed E-state index contributed by atoms with van der Waals surface area (Å²) in [6.45, 7) is 2.34. The number of hydrogen-bond acceptors (Lipinski definition) is 3. The van der Waals surface area contributed by atoms with Crippen LogP contribution in [0.4, 0.5) is 0 Å². The minimum Gasteiger partial charge on any atom is -0.330 e. The van der Waals surface area contributed by atoms with Crippen LogP contribution in [0.3, 0.4) is 0 Å². The summed E-state index contributed by atoms with van der Waals surface area (Å²) in [4.78, 5) is 24.7. The number of imide groups is 1. The molecule has 2 N–H and O–H groups in total. The Kier molecular flexibility index (Phi) is 5.36. The van der Waals surface area contributed by atoms with Crippen molar-refractivity contribution >= 4 is 11.8 Å². The van der Waals surface area contributed by atoms with E-state index in [9.17, 15) is 9.59 Å². The second-order valence-corrected chi connectivity index (χ2v) is 3.75. The maximum atomic E-state index is 11.8. The smallest absolute Gasteiger partial charge is 0.230 e. The van der Waals surface area contributed by atoms with Crippen molar-refractivity contribution in [2.24, 2.45) is 5.73 Å². The molecule has 4 nitrogen and oxygen atoms in total. The molecule has 4 heteroatoms. The third-order valence-corrected chi connectivity index (χ3v) is 2.45. The van der Waals surface area contributed by atoms with Crippen LogP contribution in [0, 0.1) is 0 Å². The van der Waals surface area contributed by atoms with E-state index in [1.807, 2.05) is 30.3 Å². The van der Waals surface area contributed by atoms with Crippen LogP contribution in [0.1, 0.15) is 25.3 Å².